The van der Waals surface area contributed by atoms with E-state index >= 15 is 0 Å². The SMILES string of the molecule is COc1ccc2c(O[C@@H]3C[C@H]4C(=O)NC5(C(=O)NS(=O)(=O)C6CC6)CC5/C=C\CCCCC[C@H](CC(=O)N5CC[C@H](O)C5)C(=O)N4C3)cc(-c3ccccc3)nc2c1. The van der Waals surface area contributed by atoms with Crippen molar-refractivity contribution in [3.63, 3.8) is 0 Å². The van der Waals surface area contributed by atoms with Crippen molar-refractivity contribution in [2.24, 2.45) is 11.8 Å². The molecule has 3 aliphatic heterocycles. The average Bonchev–Trinajstić information content (AvgIpc) is 4.11. The summed E-state index contributed by atoms with van der Waals surface area (Å²) in [5, 5.41) is 13.1. The van der Waals surface area contributed by atoms with Crippen molar-refractivity contribution in [2.75, 3.05) is 26.7 Å². The van der Waals surface area contributed by atoms with Gasteiger partial charge in [0, 0.05) is 60.8 Å². The average molecular weight is 814 g/mol. The number of nitrogens with one attached hydrogen (secondary N) is 2. The molecule has 3 aromatic rings. The number of fused-ring (bicyclic) bond motifs is 3. The topological polar surface area (TPSA) is 185 Å². The first-order valence-corrected chi connectivity index (χ1v) is 22.0. The Labute approximate surface area is 338 Å². The first-order valence-electron chi connectivity index (χ1n) is 20.5. The minimum absolute atomic E-state index is 0.0310. The lowest BCUT2D eigenvalue weighted by Gasteiger charge is -2.30. The number of methoxy groups -OCH3 is 1. The quantitative estimate of drug-likeness (QED) is 0.268. The van der Waals surface area contributed by atoms with Gasteiger partial charge in [-0.25, -0.2) is 13.4 Å². The molecule has 4 heterocycles. The summed E-state index contributed by atoms with van der Waals surface area (Å²) in [5.74, 6) is -1.98. The van der Waals surface area contributed by atoms with Crippen LogP contribution in [0.25, 0.3) is 22.2 Å². The van der Waals surface area contributed by atoms with Crippen LogP contribution in [0.4, 0.5) is 0 Å². The van der Waals surface area contributed by atoms with E-state index in [0.29, 0.717) is 73.2 Å². The summed E-state index contributed by atoms with van der Waals surface area (Å²) in [6.07, 6.45) is 7.69. The number of likely N-dealkylation sites (tertiary alicyclic amines) is 1. The number of hydrogen-bond donors (Lipinski definition) is 3. The molecule has 2 unspecified atom stereocenters. The molecule has 58 heavy (non-hydrogen) atoms. The number of allylic oxidation sites excluding steroid dienone is 1. The zero-order valence-electron chi connectivity index (χ0n) is 32.7. The van der Waals surface area contributed by atoms with Crippen LogP contribution in [0.15, 0.2) is 66.7 Å². The van der Waals surface area contributed by atoms with Gasteiger partial charge in [0.1, 0.15) is 29.2 Å². The third kappa shape index (κ3) is 8.42. The van der Waals surface area contributed by atoms with E-state index in [2.05, 4.69) is 10.0 Å². The molecule has 2 aliphatic carbocycles. The highest BCUT2D eigenvalue weighted by Crippen LogP contribution is 2.46. The molecule has 308 valence electrons. The van der Waals surface area contributed by atoms with E-state index in [0.717, 1.165) is 18.4 Å². The fourth-order valence-corrected chi connectivity index (χ4v) is 9.99. The maximum Gasteiger partial charge on any atom is 0.259 e. The van der Waals surface area contributed by atoms with Crippen molar-refractivity contribution >= 4 is 44.6 Å². The fraction of sp³-hybridized carbons (Fsp3) is 0.512. The summed E-state index contributed by atoms with van der Waals surface area (Å²) in [7, 11) is -2.32. The standard InChI is InChI=1S/C43H51N5O9S/c1-56-31-14-17-34-36(21-31)44-35(27-10-7-5-8-11-27)23-38(34)57-32-22-37-40(51)45-43(42(53)46-58(54,55)33-15-16-33)24-29(43)13-9-4-2-3-6-12-28(41(52)48(37)26-32)20-39(50)47-19-18-30(49)25-47/h5,7-11,13-14,17,21,23,28-30,32-33,37,49H,2-4,6,12,15-16,18-20,22,24-26H2,1H3,(H,45,51)(H,46,53)/b13-9-/t28-,29?,30+,32-,37+,43?/m1/s1. The summed E-state index contributed by atoms with van der Waals surface area (Å²) in [4.78, 5) is 64.8. The van der Waals surface area contributed by atoms with Crippen molar-refractivity contribution in [1.29, 1.82) is 0 Å². The fourth-order valence-electron chi connectivity index (χ4n) is 8.62. The Hall–Kier alpha value is -5.02. The molecule has 6 atom stereocenters. The molecule has 15 heteroatoms. The van der Waals surface area contributed by atoms with Gasteiger partial charge in [-0.2, -0.15) is 0 Å². The Morgan fingerprint density at radius 2 is 1.83 bits per heavy atom. The maximum absolute atomic E-state index is 14.8. The van der Waals surface area contributed by atoms with Gasteiger partial charge in [0.15, 0.2) is 0 Å². The molecule has 8 rings (SSSR count). The van der Waals surface area contributed by atoms with Crippen molar-refractivity contribution in [2.45, 2.75) is 99.7 Å². The lowest BCUT2D eigenvalue weighted by molar-refractivity contribution is -0.145. The van der Waals surface area contributed by atoms with Gasteiger partial charge in [0.2, 0.25) is 27.7 Å². The Morgan fingerprint density at radius 1 is 1.02 bits per heavy atom. The summed E-state index contributed by atoms with van der Waals surface area (Å²) >= 11 is 0. The second-order valence-electron chi connectivity index (χ2n) is 16.4. The van der Waals surface area contributed by atoms with Gasteiger partial charge < -0.3 is 29.7 Å². The van der Waals surface area contributed by atoms with Gasteiger partial charge in [-0.15, -0.1) is 0 Å². The summed E-state index contributed by atoms with van der Waals surface area (Å²) in [6, 6.07) is 15.9. The van der Waals surface area contributed by atoms with Gasteiger partial charge in [-0.1, -0.05) is 55.3 Å². The van der Waals surface area contributed by atoms with Crippen LogP contribution < -0.4 is 19.5 Å². The van der Waals surface area contributed by atoms with Crippen LogP contribution in [-0.4, -0.2) is 108 Å². The number of amides is 4. The van der Waals surface area contributed by atoms with E-state index < -0.39 is 62.7 Å². The third-order valence-electron chi connectivity index (χ3n) is 12.2. The highest BCUT2D eigenvalue weighted by atomic mass is 32.2. The Bertz CT molecular complexity index is 2210. The lowest BCUT2D eigenvalue weighted by Crippen LogP contribution is -2.57. The van der Waals surface area contributed by atoms with Crippen LogP contribution in [0.5, 0.6) is 11.5 Å². The normalized spacial score (nSPS) is 28.4. The van der Waals surface area contributed by atoms with Crippen molar-refractivity contribution in [3.8, 4) is 22.8 Å². The molecular formula is C43H51N5O9S. The summed E-state index contributed by atoms with van der Waals surface area (Å²) in [5.41, 5.74) is 0.653. The zero-order valence-corrected chi connectivity index (χ0v) is 33.5. The maximum atomic E-state index is 14.8. The lowest BCUT2D eigenvalue weighted by atomic mass is 9.94. The van der Waals surface area contributed by atoms with E-state index in [4.69, 9.17) is 14.5 Å². The van der Waals surface area contributed by atoms with Gasteiger partial charge >= 0.3 is 0 Å². The number of nitrogens with zero attached hydrogens (tertiary/aromatic N) is 3. The van der Waals surface area contributed by atoms with Crippen molar-refractivity contribution in [1.82, 2.24) is 24.8 Å². The predicted molar refractivity (Wildman–Crippen MR) is 215 cm³/mol. The molecule has 2 saturated carbocycles. The highest BCUT2D eigenvalue weighted by molar-refractivity contribution is 7.91. The second-order valence-corrected chi connectivity index (χ2v) is 18.4. The predicted octanol–water partition coefficient (Wildman–Crippen LogP) is 3.86. The first-order chi connectivity index (χ1) is 27.9. The number of aliphatic hydroxyl groups is 1. The molecule has 0 bridgehead atoms. The number of sulfonamides is 1. The Balaban J connectivity index is 1.12. The van der Waals surface area contributed by atoms with E-state index in [1.165, 1.54) is 4.90 Å². The number of carbonyl (C=O) groups is 4. The number of aliphatic hydroxyl groups excluding tert-OH is 1. The molecule has 4 amide bonds. The van der Waals surface area contributed by atoms with Crippen LogP contribution in [-0.2, 0) is 29.2 Å². The molecule has 5 aliphatic rings. The molecule has 0 spiro atoms. The molecular weight excluding hydrogens is 763 g/mol. The van der Waals surface area contributed by atoms with E-state index in [9.17, 15) is 32.7 Å². The number of rotatable bonds is 9. The van der Waals surface area contributed by atoms with Crippen molar-refractivity contribution in [3.05, 3.63) is 66.7 Å². The molecule has 1 aromatic heterocycles. The van der Waals surface area contributed by atoms with Crippen molar-refractivity contribution < 1.29 is 42.2 Å². The number of pyridine rings is 1. The van der Waals surface area contributed by atoms with E-state index in [-0.39, 0.29) is 44.2 Å². The highest BCUT2D eigenvalue weighted by Gasteiger charge is 2.62. The minimum Gasteiger partial charge on any atom is -0.497 e. The van der Waals surface area contributed by atoms with Crippen LogP contribution in [0.1, 0.15) is 70.6 Å². The smallest absolute Gasteiger partial charge is 0.259 e. The largest absolute Gasteiger partial charge is 0.497 e. The molecule has 4 fully saturated rings. The molecule has 2 aromatic carbocycles. The summed E-state index contributed by atoms with van der Waals surface area (Å²) < 4.78 is 40.3. The third-order valence-corrected chi connectivity index (χ3v) is 14.1. The summed E-state index contributed by atoms with van der Waals surface area (Å²) in [6.45, 7) is 0.662. The molecule has 2 saturated heterocycles. The monoisotopic (exact) mass is 813 g/mol. The number of ether oxygens (including phenoxy) is 2. The zero-order chi connectivity index (χ0) is 40.6. The first kappa shape index (κ1) is 39.8. The van der Waals surface area contributed by atoms with Crippen LogP contribution >= 0.6 is 0 Å². The van der Waals surface area contributed by atoms with Crippen LogP contribution in [0.2, 0.25) is 0 Å². The molecule has 14 nitrogen and oxygen atoms in total. The molecule has 0 radical (unpaired) electrons. The van der Waals surface area contributed by atoms with Crippen LogP contribution in [0, 0.1) is 11.8 Å². The van der Waals surface area contributed by atoms with Gasteiger partial charge in [0.25, 0.3) is 5.91 Å². The minimum atomic E-state index is -3.90. The van der Waals surface area contributed by atoms with Gasteiger partial charge in [-0.3, -0.25) is 23.9 Å². The number of aromatic nitrogens is 1. The Kier molecular flexibility index (Phi) is 11.2. The van der Waals surface area contributed by atoms with Crippen LogP contribution in [0.3, 0.4) is 0 Å². The molecule has 3 N–H and O–H groups in total. The number of carbonyl (C=O) groups excluding carboxylic acids is 4. The Morgan fingerprint density at radius 3 is 2.57 bits per heavy atom. The number of benzene rings is 2. The van der Waals surface area contributed by atoms with E-state index in [1.54, 1.807) is 12.0 Å². The van der Waals surface area contributed by atoms with E-state index in [1.807, 2.05) is 66.7 Å². The van der Waals surface area contributed by atoms with Gasteiger partial charge in [0.05, 0.1) is 36.2 Å². The second kappa shape index (κ2) is 16.3. The van der Waals surface area contributed by atoms with Gasteiger partial charge in [-0.05, 0) is 57.1 Å². The number of β-amino-alcohol motifs (C(OH)–C–C–N with tert-alkyl or cyclic N) is 1. The number of hydrogen-bond acceptors (Lipinski definition) is 10.